The number of ether oxygens (including phenoxy) is 3. The highest BCUT2D eigenvalue weighted by Crippen LogP contribution is 2.09. The van der Waals surface area contributed by atoms with Gasteiger partial charge in [-0.3, -0.25) is 9.69 Å². The van der Waals surface area contributed by atoms with Gasteiger partial charge in [-0.2, -0.15) is 0 Å². The van der Waals surface area contributed by atoms with Crippen molar-refractivity contribution in [1.82, 2.24) is 10.2 Å². The Balaban J connectivity index is 2.53. The summed E-state index contributed by atoms with van der Waals surface area (Å²) in [4.78, 5) is 14.1. The summed E-state index contributed by atoms with van der Waals surface area (Å²) in [7, 11) is 3.20. The third-order valence-corrected chi connectivity index (χ3v) is 3.00. The number of carbonyl (C=O) groups is 1. The van der Waals surface area contributed by atoms with Gasteiger partial charge >= 0.3 is 0 Å². The molecule has 6 nitrogen and oxygen atoms in total. The number of amides is 1. The lowest BCUT2D eigenvalue weighted by Crippen LogP contribution is -2.55. The molecule has 1 rings (SSSR count). The lowest BCUT2D eigenvalue weighted by molar-refractivity contribution is -0.147. The number of carbonyl (C=O) groups excluding carboxylic acids is 1. The van der Waals surface area contributed by atoms with Gasteiger partial charge in [-0.25, -0.2) is 0 Å². The number of methoxy groups -OCH3 is 2. The van der Waals surface area contributed by atoms with E-state index in [1.165, 1.54) is 0 Å². The molecule has 0 aromatic carbocycles. The first-order chi connectivity index (χ1) is 8.72. The number of nitrogens with zero attached hydrogens (tertiary/aromatic N) is 1. The first-order valence-corrected chi connectivity index (χ1v) is 6.38. The lowest BCUT2D eigenvalue weighted by Gasteiger charge is -2.35. The molecular weight excluding hydrogens is 236 g/mol. The summed E-state index contributed by atoms with van der Waals surface area (Å²) in [6.45, 7) is 5.07. The van der Waals surface area contributed by atoms with E-state index in [1.54, 1.807) is 14.2 Å². The number of rotatable bonds is 7. The number of nitrogens with one attached hydrogen (secondary N) is 1. The second kappa shape index (κ2) is 8.42. The maximum absolute atomic E-state index is 12.0. The number of morpholine rings is 1. The molecule has 0 radical (unpaired) electrons. The first kappa shape index (κ1) is 15.4. The average molecular weight is 260 g/mol. The van der Waals surface area contributed by atoms with Crippen LogP contribution in [-0.2, 0) is 19.0 Å². The zero-order valence-electron chi connectivity index (χ0n) is 11.5. The maximum atomic E-state index is 12.0. The molecule has 1 aliphatic rings. The van der Waals surface area contributed by atoms with Crippen molar-refractivity contribution in [3.8, 4) is 0 Å². The van der Waals surface area contributed by atoms with Gasteiger partial charge in [0.1, 0.15) is 6.04 Å². The van der Waals surface area contributed by atoms with Gasteiger partial charge in [0.25, 0.3) is 0 Å². The predicted molar refractivity (Wildman–Crippen MR) is 67.3 cm³/mol. The summed E-state index contributed by atoms with van der Waals surface area (Å²) in [6.07, 6.45) is 0.613. The van der Waals surface area contributed by atoms with Crippen LogP contribution in [0.1, 0.15) is 13.3 Å². The van der Waals surface area contributed by atoms with Gasteiger partial charge < -0.3 is 19.5 Å². The fourth-order valence-electron chi connectivity index (χ4n) is 1.90. The minimum Gasteiger partial charge on any atom is -0.378 e. The van der Waals surface area contributed by atoms with E-state index < -0.39 is 0 Å². The highest BCUT2D eigenvalue weighted by molar-refractivity contribution is 5.82. The topological polar surface area (TPSA) is 60.0 Å². The summed E-state index contributed by atoms with van der Waals surface area (Å²) in [6, 6.07) is -0.252. The monoisotopic (exact) mass is 260 g/mol. The molecular formula is C12H24N2O4. The number of hydrogen-bond donors (Lipinski definition) is 1. The smallest absolute Gasteiger partial charge is 0.239 e. The molecule has 0 aromatic rings. The summed E-state index contributed by atoms with van der Waals surface area (Å²) in [5.74, 6) is 0.0162. The molecule has 1 N–H and O–H groups in total. The van der Waals surface area contributed by atoms with E-state index in [4.69, 9.17) is 14.2 Å². The quantitative estimate of drug-likeness (QED) is 0.644. The van der Waals surface area contributed by atoms with Crippen LogP contribution in [-0.4, -0.2) is 70.2 Å². The highest BCUT2D eigenvalue weighted by Gasteiger charge is 2.30. The van der Waals surface area contributed by atoms with E-state index in [0.29, 0.717) is 32.8 Å². The molecule has 1 amide bonds. The zero-order chi connectivity index (χ0) is 13.4. The molecule has 1 aliphatic heterocycles. The molecule has 0 bridgehead atoms. The van der Waals surface area contributed by atoms with Gasteiger partial charge in [0, 0.05) is 27.3 Å². The van der Waals surface area contributed by atoms with Crippen LogP contribution in [0.2, 0.25) is 0 Å². The van der Waals surface area contributed by atoms with E-state index in [1.807, 2.05) is 11.8 Å². The summed E-state index contributed by atoms with van der Waals surface area (Å²) in [5, 5.41) is 2.90. The standard InChI is InChI=1S/C12H24N2O4/c1-4-5-13-12(15)10-9-18-7-6-14(10)8-11(16-2)17-3/h10-11H,4-9H2,1-3H3,(H,13,15). The van der Waals surface area contributed by atoms with Crippen LogP contribution in [0.15, 0.2) is 0 Å². The second-order valence-corrected chi connectivity index (χ2v) is 4.28. The largest absolute Gasteiger partial charge is 0.378 e. The first-order valence-electron chi connectivity index (χ1n) is 6.38. The summed E-state index contributed by atoms with van der Waals surface area (Å²) < 4.78 is 15.7. The molecule has 18 heavy (non-hydrogen) atoms. The Labute approximate surface area is 109 Å². The molecule has 0 saturated carbocycles. The van der Waals surface area contributed by atoms with Gasteiger partial charge in [0.2, 0.25) is 5.91 Å². The van der Waals surface area contributed by atoms with Gasteiger partial charge in [0.05, 0.1) is 19.8 Å². The third-order valence-electron chi connectivity index (χ3n) is 3.00. The minimum absolute atomic E-state index is 0.0162. The van der Waals surface area contributed by atoms with Crippen molar-refractivity contribution in [2.45, 2.75) is 25.7 Å². The van der Waals surface area contributed by atoms with Crippen LogP contribution in [0.4, 0.5) is 0 Å². The average Bonchev–Trinajstić information content (AvgIpc) is 2.42. The summed E-state index contributed by atoms with van der Waals surface area (Å²) >= 11 is 0. The van der Waals surface area contributed by atoms with Crippen molar-refractivity contribution >= 4 is 5.91 Å². The Morgan fingerprint density at radius 2 is 2.22 bits per heavy atom. The van der Waals surface area contributed by atoms with Gasteiger partial charge in [0.15, 0.2) is 6.29 Å². The predicted octanol–water partition coefficient (Wildman–Crippen LogP) is -0.168. The van der Waals surface area contributed by atoms with Crippen molar-refractivity contribution < 1.29 is 19.0 Å². The molecule has 1 heterocycles. The van der Waals surface area contributed by atoms with Gasteiger partial charge in [-0.05, 0) is 6.42 Å². The molecule has 106 valence electrons. The van der Waals surface area contributed by atoms with E-state index >= 15 is 0 Å². The maximum Gasteiger partial charge on any atom is 0.239 e. The van der Waals surface area contributed by atoms with Crippen molar-refractivity contribution in [3.05, 3.63) is 0 Å². The Bertz CT molecular complexity index is 246. The van der Waals surface area contributed by atoms with Crippen LogP contribution in [0.3, 0.4) is 0 Å². The molecule has 1 atom stereocenters. The minimum atomic E-state index is -0.315. The molecule has 0 aliphatic carbocycles. The second-order valence-electron chi connectivity index (χ2n) is 4.28. The highest BCUT2D eigenvalue weighted by atomic mass is 16.7. The van der Waals surface area contributed by atoms with E-state index in [-0.39, 0.29) is 18.2 Å². The fraction of sp³-hybridized carbons (Fsp3) is 0.917. The Morgan fingerprint density at radius 3 is 2.83 bits per heavy atom. The number of hydrogen-bond acceptors (Lipinski definition) is 5. The van der Waals surface area contributed by atoms with Crippen molar-refractivity contribution in [2.75, 3.05) is 47.1 Å². The Morgan fingerprint density at radius 1 is 1.50 bits per heavy atom. The third kappa shape index (κ3) is 4.53. The van der Waals surface area contributed by atoms with E-state index in [0.717, 1.165) is 6.42 Å². The van der Waals surface area contributed by atoms with Crippen LogP contribution in [0, 0.1) is 0 Å². The van der Waals surface area contributed by atoms with Crippen LogP contribution < -0.4 is 5.32 Å². The molecule has 1 saturated heterocycles. The van der Waals surface area contributed by atoms with Gasteiger partial charge in [-0.15, -0.1) is 0 Å². The van der Waals surface area contributed by atoms with Crippen LogP contribution >= 0.6 is 0 Å². The molecule has 0 aromatic heterocycles. The van der Waals surface area contributed by atoms with E-state index in [2.05, 4.69) is 5.32 Å². The molecule has 1 fully saturated rings. The Kier molecular flexibility index (Phi) is 7.19. The van der Waals surface area contributed by atoms with Crippen LogP contribution in [0.5, 0.6) is 0 Å². The Hall–Kier alpha value is -0.690. The van der Waals surface area contributed by atoms with Crippen LogP contribution in [0.25, 0.3) is 0 Å². The molecule has 6 heteroatoms. The lowest BCUT2D eigenvalue weighted by atomic mass is 10.2. The van der Waals surface area contributed by atoms with Crippen molar-refractivity contribution in [3.63, 3.8) is 0 Å². The van der Waals surface area contributed by atoms with Crippen molar-refractivity contribution in [1.29, 1.82) is 0 Å². The fourth-order valence-corrected chi connectivity index (χ4v) is 1.90. The zero-order valence-corrected chi connectivity index (χ0v) is 11.5. The van der Waals surface area contributed by atoms with Gasteiger partial charge in [-0.1, -0.05) is 6.92 Å². The SMILES string of the molecule is CCCNC(=O)C1COCCN1CC(OC)OC. The molecule has 1 unspecified atom stereocenters. The summed E-state index contributed by atoms with van der Waals surface area (Å²) in [5.41, 5.74) is 0. The van der Waals surface area contributed by atoms with Crippen molar-refractivity contribution in [2.24, 2.45) is 0 Å². The van der Waals surface area contributed by atoms with E-state index in [9.17, 15) is 4.79 Å². The molecule has 0 spiro atoms. The normalized spacial score (nSPS) is 21.2.